The van der Waals surface area contributed by atoms with Crippen molar-refractivity contribution in [2.75, 3.05) is 5.32 Å². The van der Waals surface area contributed by atoms with Gasteiger partial charge in [-0.1, -0.05) is 0 Å². The minimum atomic E-state index is -3.93. The van der Waals surface area contributed by atoms with Crippen molar-refractivity contribution < 1.29 is 18.0 Å². The van der Waals surface area contributed by atoms with Crippen LogP contribution in [0.15, 0.2) is 53.7 Å². The van der Waals surface area contributed by atoms with Crippen molar-refractivity contribution in [1.82, 2.24) is 24.5 Å². The second-order valence-corrected chi connectivity index (χ2v) is 7.44. The smallest absolute Gasteiger partial charge is 0.276 e. The Morgan fingerprint density at radius 1 is 1.04 bits per heavy atom. The van der Waals surface area contributed by atoms with E-state index in [1.54, 1.807) is 23.0 Å². The molecule has 0 aliphatic carbocycles. The number of sulfonamides is 1. The van der Waals surface area contributed by atoms with Gasteiger partial charge in [-0.05, 0) is 43.3 Å². The lowest BCUT2D eigenvalue weighted by Gasteiger charge is -2.08. The van der Waals surface area contributed by atoms with E-state index < -0.39 is 21.8 Å². The maximum atomic E-state index is 12.3. The molecule has 2 amide bonds. The maximum absolute atomic E-state index is 12.3. The summed E-state index contributed by atoms with van der Waals surface area (Å²) in [6.45, 7) is 2.92. The highest BCUT2D eigenvalue weighted by Gasteiger charge is 2.16. The van der Waals surface area contributed by atoms with Crippen molar-refractivity contribution in [2.45, 2.75) is 18.7 Å². The Morgan fingerprint density at radius 2 is 1.75 bits per heavy atom. The molecule has 1 aromatic carbocycles. The molecule has 2 N–H and O–H groups in total. The first-order valence-corrected chi connectivity index (χ1v) is 9.53. The Bertz CT molecular complexity index is 1120. The van der Waals surface area contributed by atoms with Gasteiger partial charge in [-0.3, -0.25) is 14.2 Å². The number of aromatic nitrogens is 4. The summed E-state index contributed by atoms with van der Waals surface area (Å²) in [4.78, 5) is 27.3. The normalized spacial score (nSPS) is 11.1. The van der Waals surface area contributed by atoms with Crippen LogP contribution in [-0.4, -0.2) is 40.0 Å². The average Bonchev–Trinajstić information content (AvgIpc) is 3.07. The van der Waals surface area contributed by atoms with E-state index in [4.69, 9.17) is 0 Å². The molecule has 0 aliphatic heterocycles. The van der Waals surface area contributed by atoms with Gasteiger partial charge in [0.25, 0.3) is 15.9 Å². The van der Waals surface area contributed by atoms with Crippen LogP contribution >= 0.6 is 0 Å². The van der Waals surface area contributed by atoms with Crippen LogP contribution in [0.5, 0.6) is 0 Å². The summed E-state index contributed by atoms with van der Waals surface area (Å²) in [5, 5.41) is 10.5. The van der Waals surface area contributed by atoms with Gasteiger partial charge in [0, 0.05) is 25.0 Å². The molecule has 0 unspecified atom stereocenters. The van der Waals surface area contributed by atoms with Crippen molar-refractivity contribution in [1.29, 1.82) is 0 Å². The summed E-state index contributed by atoms with van der Waals surface area (Å²) in [5.41, 5.74) is 0.458. The number of carbonyl (C=O) groups is 2. The topological polar surface area (TPSA) is 136 Å². The van der Waals surface area contributed by atoms with Crippen molar-refractivity contribution >= 4 is 27.5 Å². The van der Waals surface area contributed by atoms with Gasteiger partial charge in [0.15, 0.2) is 11.5 Å². The van der Waals surface area contributed by atoms with E-state index in [1.165, 1.54) is 30.3 Å². The molecule has 0 bridgehead atoms. The van der Waals surface area contributed by atoms with Crippen LogP contribution in [0.4, 0.5) is 5.69 Å². The largest absolute Gasteiger partial charge is 0.321 e. The molecule has 0 atom stereocenters. The molecule has 2 aromatic heterocycles. The SMILES string of the molecule is CC(=O)NS(=O)(=O)c1ccc(NC(=O)c2ccc(-n3ccnc3C)nn2)cc1. The number of amides is 2. The third-order valence-electron chi connectivity index (χ3n) is 3.66. The number of rotatable bonds is 5. The summed E-state index contributed by atoms with van der Waals surface area (Å²) < 4.78 is 27.4. The minimum Gasteiger partial charge on any atom is -0.321 e. The number of nitrogens with one attached hydrogen (secondary N) is 2. The Labute approximate surface area is 160 Å². The zero-order chi connectivity index (χ0) is 20.3. The highest BCUT2D eigenvalue weighted by molar-refractivity contribution is 7.90. The second-order valence-electron chi connectivity index (χ2n) is 5.76. The fourth-order valence-corrected chi connectivity index (χ4v) is 3.35. The lowest BCUT2D eigenvalue weighted by atomic mass is 10.3. The first kappa shape index (κ1) is 19.2. The fourth-order valence-electron chi connectivity index (χ4n) is 2.36. The molecule has 28 heavy (non-hydrogen) atoms. The van der Waals surface area contributed by atoms with Gasteiger partial charge in [-0.15, -0.1) is 10.2 Å². The van der Waals surface area contributed by atoms with Crippen molar-refractivity contribution in [3.63, 3.8) is 0 Å². The van der Waals surface area contributed by atoms with Crippen LogP contribution in [0.1, 0.15) is 23.2 Å². The summed E-state index contributed by atoms with van der Waals surface area (Å²) in [6, 6.07) is 8.52. The summed E-state index contributed by atoms with van der Waals surface area (Å²) in [6.07, 6.45) is 3.36. The summed E-state index contributed by atoms with van der Waals surface area (Å²) >= 11 is 0. The number of hydrogen-bond donors (Lipinski definition) is 2. The standard InChI is InChI=1S/C17H16N6O4S/c1-11-18-9-10-23(11)16-8-7-15(20-21-16)17(25)19-13-3-5-14(6-4-13)28(26,27)22-12(2)24/h3-10H,1-2H3,(H,19,25)(H,22,24). The first-order valence-electron chi connectivity index (χ1n) is 8.05. The molecule has 0 spiro atoms. The molecule has 3 rings (SSSR count). The lowest BCUT2D eigenvalue weighted by molar-refractivity contribution is -0.117. The average molecular weight is 400 g/mol. The van der Waals surface area contributed by atoms with Crippen LogP contribution in [0.3, 0.4) is 0 Å². The van der Waals surface area contributed by atoms with Gasteiger partial charge in [-0.2, -0.15) is 0 Å². The Morgan fingerprint density at radius 3 is 2.29 bits per heavy atom. The molecule has 10 nitrogen and oxygen atoms in total. The second kappa shape index (κ2) is 7.56. The lowest BCUT2D eigenvalue weighted by Crippen LogP contribution is -2.28. The minimum absolute atomic E-state index is 0.0939. The number of hydrogen-bond acceptors (Lipinski definition) is 7. The zero-order valence-electron chi connectivity index (χ0n) is 14.9. The maximum Gasteiger partial charge on any atom is 0.276 e. The van der Waals surface area contributed by atoms with E-state index in [0.29, 0.717) is 11.5 Å². The van der Waals surface area contributed by atoms with Crippen LogP contribution in [0, 0.1) is 6.92 Å². The molecule has 2 heterocycles. The van der Waals surface area contributed by atoms with E-state index >= 15 is 0 Å². The predicted molar refractivity (Wildman–Crippen MR) is 99.3 cm³/mol. The van der Waals surface area contributed by atoms with Gasteiger partial charge in [0.1, 0.15) is 5.82 Å². The van der Waals surface area contributed by atoms with Gasteiger partial charge < -0.3 is 5.32 Å². The summed E-state index contributed by atoms with van der Waals surface area (Å²) in [5.74, 6) is 0.0732. The predicted octanol–water partition coefficient (Wildman–Crippen LogP) is 1.05. The van der Waals surface area contributed by atoms with Gasteiger partial charge in [0.2, 0.25) is 5.91 Å². The van der Waals surface area contributed by atoms with Crippen LogP contribution in [0.25, 0.3) is 5.82 Å². The van der Waals surface area contributed by atoms with E-state index in [1.807, 2.05) is 11.6 Å². The van der Waals surface area contributed by atoms with Crippen molar-refractivity contribution in [3.05, 3.63) is 60.3 Å². The van der Waals surface area contributed by atoms with E-state index in [0.717, 1.165) is 12.7 Å². The third kappa shape index (κ3) is 4.20. The first-order chi connectivity index (χ1) is 13.3. The molecule has 11 heteroatoms. The van der Waals surface area contributed by atoms with Crippen molar-refractivity contribution in [3.8, 4) is 5.82 Å². The Kier molecular flexibility index (Phi) is 5.18. The highest BCUT2D eigenvalue weighted by Crippen LogP contribution is 2.15. The van der Waals surface area contributed by atoms with E-state index in [2.05, 4.69) is 20.5 Å². The Balaban J connectivity index is 1.71. The molecular formula is C17H16N6O4S. The van der Waals surface area contributed by atoms with Crippen LogP contribution < -0.4 is 10.0 Å². The quantitative estimate of drug-likeness (QED) is 0.653. The number of anilines is 1. The molecule has 0 saturated carbocycles. The number of carbonyl (C=O) groups excluding carboxylic acids is 2. The molecule has 0 radical (unpaired) electrons. The van der Waals surface area contributed by atoms with Crippen molar-refractivity contribution in [2.24, 2.45) is 0 Å². The third-order valence-corrected chi connectivity index (χ3v) is 5.11. The van der Waals surface area contributed by atoms with E-state index in [9.17, 15) is 18.0 Å². The molecule has 3 aromatic rings. The number of benzene rings is 1. The summed E-state index contributed by atoms with van der Waals surface area (Å²) in [7, 11) is -3.93. The number of imidazole rings is 1. The molecule has 0 fully saturated rings. The molecule has 0 saturated heterocycles. The monoisotopic (exact) mass is 400 g/mol. The van der Waals surface area contributed by atoms with Gasteiger partial charge >= 0.3 is 0 Å². The van der Waals surface area contributed by atoms with Gasteiger partial charge in [-0.25, -0.2) is 18.1 Å². The molecule has 144 valence electrons. The Hall–Kier alpha value is -3.60. The van der Waals surface area contributed by atoms with Crippen LogP contribution in [-0.2, 0) is 14.8 Å². The molecular weight excluding hydrogens is 384 g/mol. The molecule has 0 aliphatic rings. The number of nitrogens with zero attached hydrogens (tertiary/aromatic N) is 4. The van der Waals surface area contributed by atoms with Crippen LogP contribution in [0.2, 0.25) is 0 Å². The fraction of sp³-hybridized carbons (Fsp3) is 0.118. The highest BCUT2D eigenvalue weighted by atomic mass is 32.2. The zero-order valence-corrected chi connectivity index (χ0v) is 15.8. The number of aryl methyl sites for hydroxylation is 1. The van der Waals surface area contributed by atoms with E-state index in [-0.39, 0.29) is 10.6 Å². The van der Waals surface area contributed by atoms with Gasteiger partial charge in [0.05, 0.1) is 4.90 Å².